The van der Waals surface area contributed by atoms with Gasteiger partial charge < -0.3 is 9.47 Å². The van der Waals surface area contributed by atoms with Gasteiger partial charge in [0.1, 0.15) is 0 Å². The van der Waals surface area contributed by atoms with Gasteiger partial charge in [-0.05, 0) is 66.9 Å². The summed E-state index contributed by atoms with van der Waals surface area (Å²) in [5.41, 5.74) is 9.59. The van der Waals surface area contributed by atoms with Crippen molar-refractivity contribution in [2.75, 3.05) is 4.90 Å². The summed E-state index contributed by atoms with van der Waals surface area (Å²) in [5.74, 6) is 0. The Morgan fingerprint density at radius 3 is 2.11 bits per heavy atom. The minimum absolute atomic E-state index is 1.06. The van der Waals surface area contributed by atoms with Crippen LogP contribution in [-0.4, -0.2) is 4.57 Å². The van der Waals surface area contributed by atoms with Crippen LogP contribution < -0.4 is 4.90 Å². The molecule has 0 spiro atoms. The standard InChI is InChI=1S/C36H28N2/c1-4-14-28(15-5-1)37(29-16-6-2-7-17-29)34-22-12-10-20-31(34)27-24-25-33-32-21-11-13-23-35(32)38(36(33)26-27)30-18-8-3-9-19-30/h1,3-6,8-26H,2,7H2. The number of fused-ring (bicyclic) bond motifs is 3. The second kappa shape index (κ2) is 9.57. The molecule has 2 heteroatoms. The lowest BCUT2D eigenvalue weighted by atomic mass is 9.99. The number of allylic oxidation sites excluding steroid dienone is 3. The molecule has 0 saturated heterocycles. The first kappa shape index (κ1) is 22.4. The van der Waals surface area contributed by atoms with Crippen LogP contribution in [-0.2, 0) is 0 Å². The molecule has 38 heavy (non-hydrogen) atoms. The minimum atomic E-state index is 1.06. The predicted octanol–water partition coefficient (Wildman–Crippen LogP) is 9.82. The van der Waals surface area contributed by atoms with Crippen LogP contribution in [0.25, 0.3) is 38.6 Å². The van der Waals surface area contributed by atoms with Crippen LogP contribution in [0.3, 0.4) is 0 Å². The first-order chi connectivity index (χ1) is 18.9. The first-order valence-corrected chi connectivity index (χ1v) is 13.3. The Hall–Kier alpha value is -4.82. The maximum absolute atomic E-state index is 2.39. The van der Waals surface area contributed by atoms with E-state index in [0.29, 0.717) is 0 Å². The van der Waals surface area contributed by atoms with E-state index in [0.717, 1.165) is 18.5 Å². The van der Waals surface area contributed by atoms with E-state index < -0.39 is 0 Å². The van der Waals surface area contributed by atoms with Crippen molar-refractivity contribution in [2.45, 2.75) is 12.8 Å². The van der Waals surface area contributed by atoms with Crippen molar-refractivity contribution in [3.8, 4) is 16.8 Å². The summed E-state index contributed by atoms with van der Waals surface area (Å²) in [6.45, 7) is 0. The van der Waals surface area contributed by atoms with Gasteiger partial charge >= 0.3 is 0 Å². The van der Waals surface area contributed by atoms with Crippen molar-refractivity contribution in [1.82, 2.24) is 4.57 Å². The fraction of sp³-hybridized carbons (Fsp3) is 0.0556. The molecule has 0 aliphatic heterocycles. The Morgan fingerprint density at radius 2 is 1.29 bits per heavy atom. The van der Waals surface area contributed by atoms with Crippen molar-refractivity contribution in [2.24, 2.45) is 0 Å². The maximum Gasteiger partial charge on any atom is 0.0547 e. The molecule has 6 aromatic rings. The lowest BCUT2D eigenvalue weighted by molar-refractivity contribution is 0.997. The maximum atomic E-state index is 2.39. The van der Waals surface area contributed by atoms with Gasteiger partial charge in [-0.25, -0.2) is 0 Å². The summed E-state index contributed by atoms with van der Waals surface area (Å²) in [7, 11) is 0. The van der Waals surface area contributed by atoms with E-state index >= 15 is 0 Å². The molecule has 182 valence electrons. The van der Waals surface area contributed by atoms with Gasteiger partial charge in [0.05, 0.1) is 16.7 Å². The molecule has 5 aromatic carbocycles. The average Bonchev–Trinajstić information content (AvgIpc) is 3.33. The van der Waals surface area contributed by atoms with Crippen molar-refractivity contribution in [3.05, 3.63) is 151 Å². The molecule has 0 bridgehead atoms. The lowest BCUT2D eigenvalue weighted by Crippen LogP contribution is -2.17. The topological polar surface area (TPSA) is 8.17 Å². The van der Waals surface area contributed by atoms with Gasteiger partial charge in [0.15, 0.2) is 0 Å². The molecule has 7 rings (SSSR count). The highest BCUT2D eigenvalue weighted by Gasteiger charge is 2.19. The summed E-state index contributed by atoms with van der Waals surface area (Å²) >= 11 is 0. The second-order valence-corrected chi connectivity index (χ2v) is 9.72. The summed E-state index contributed by atoms with van der Waals surface area (Å²) in [5, 5.41) is 2.54. The number of benzene rings is 5. The number of aromatic nitrogens is 1. The van der Waals surface area contributed by atoms with Crippen LogP contribution in [0.15, 0.2) is 151 Å². The van der Waals surface area contributed by atoms with Crippen LogP contribution >= 0.6 is 0 Å². The zero-order valence-corrected chi connectivity index (χ0v) is 21.2. The van der Waals surface area contributed by atoms with Crippen molar-refractivity contribution >= 4 is 33.2 Å². The molecule has 0 unspecified atom stereocenters. The van der Waals surface area contributed by atoms with Gasteiger partial charge in [0.2, 0.25) is 0 Å². The number of nitrogens with zero attached hydrogens (tertiary/aromatic N) is 2. The van der Waals surface area contributed by atoms with E-state index in [4.69, 9.17) is 0 Å². The zero-order chi connectivity index (χ0) is 25.3. The molecule has 1 aliphatic rings. The molecule has 1 aliphatic carbocycles. The van der Waals surface area contributed by atoms with Gasteiger partial charge in [0.25, 0.3) is 0 Å². The SMILES string of the molecule is C1=CC(N(c2ccccc2)c2ccccc2-c2ccc3c4ccccc4n(-c4ccccc4)c3c2)=CCC1. The van der Waals surface area contributed by atoms with Gasteiger partial charge in [0, 0.05) is 33.4 Å². The molecule has 0 N–H and O–H groups in total. The number of rotatable bonds is 5. The summed E-state index contributed by atoms with van der Waals surface area (Å²) in [6.07, 6.45) is 9.02. The number of para-hydroxylation sites is 4. The van der Waals surface area contributed by atoms with Crippen LogP contribution in [0, 0.1) is 0 Å². The normalized spacial score (nSPS) is 13.1. The third-order valence-electron chi connectivity index (χ3n) is 7.39. The van der Waals surface area contributed by atoms with Crippen LogP contribution in [0.2, 0.25) is 0 Å². The zero-order valence-electron chi connectivity index (χ0n) is 21.2. The highest BCUT2D eigenvalue weighted by molar-refractivity contribution is 6.10. The molecule has 1 heterocycles. The van der Waals surface area contributed by atoms with E-state index in [1.54, 1.807) is 0 Å². The van der Waals surface area contributed by atoms with E-state index in [-0.39, 0.29) is 0 Å². The molecule has 0 atom stereocenters. The molecule has 0 radical (unpaired) electrons. The van der Waals surface area contributed by atoms with Crippen molar-refractivity contribution < 1.29 is 0 Å². The molecule has 0 amide bonds. The van der Waals surface area contributed by atoms with Gasteiger partial charge in [-0.1, -0.05) is 97.1 Å². The summed E-state index contributed by atoms with van der Waals surface area (Å²) in [4.78, 5) is 2.39. The molecular weight excluding hydrogens is 460 g/mol. The summed E-state index contributed by atoms with van der Waals surface area (Å²) < 4.78 is 2.39. The Kier molecular flexibility index (Phi) is 5.64. The van der Waals surface area contributed by atoms with Crippen LogP contribution in [0.4, 0.5) is 11.4 Å². The molecule has 2 nitrogen and oxygen atoms in total. The fourth-order valence-electron chi connectivity index (χ4n) is 5.68. The van der Waals surface area contributed by atoms with E-state index in [9.17, 15) is 0 Å². The van der Waals surface area contributed by atoms with Crippen molar-refractivity contribution in [3.63, 3.8) is 0 Å². The third kappa shape index (κ3) is 3.82. The average molecular weight is 489 g/mol. The van der Waals surface area contributed by atoms with E-state index in [2.05, 4.69) is 155 Å². The predicted molar refractivity (Wildman–Crippen MR) is 161 cm³/mol. The molecule has 0 fully saturated rings. The number of hydrogen-bond donors (Lipinski definition) is 0. The van der Waals surface area contributed by atoms with Gasteiger partial charge in [-0.2, -0.15) is 0 Å². The van der Waals surface area contributed by atoms with Gasteiger partial charge in [-0.3, -0.25) is 0 Å². The molecular formula is C36H28N2. The fourth-order valence-corrected chi connectivity index (χ4v) is 5.68. The van der Waals surface area contributed by atoms with E-state index in [1.165, 1.54) is 50.0 Å². The minimum Gasteiger partial charge on any atom is -0.310 e. The largest absolute Gasteiger partial charge is 0.310 e. The van der Waals surface area contributed by atoms with Crippen LogP contribution in [0.5, 0.6) is 0 Å². The smallest absolute Gasteiger partial charge is 0.0547 e. The highest BCUT2D eigenvalue weighted by Crippen LogP contribution is 2.41. The van der Waals surface area contributed by atoms with Gasteiger partial charge in [-0.15, -0.1) is 0 Å². The monoisotopic (exact) mass is 488 g/mol. The Balaban J connectivity index is 1.46. The Labute approximate surface area is 223 Å². The lowest BCUT2D eigenvalue weighted by Gasteiger charge is -2.29. The molecule has 1 aromatic heterocycles. The second-order valence-electron chi connectivity index (χ2n) is 9.72. The quantitative estimate of drug-likeness (QED) is 0.234. The van der Waals surface area contributed by atoms with Crippen LogP contribution in [0.1, 0.15) is 12.8 Å². The third-order valence-corrected chi connectivity index (χ3v) is 7.39. The number of anilines is 2. The van der Waals surface area contributed by atoms with E-state index in [1.807, 2.05) is 0 Å². The highest BCUT2D eigenvalue weighted by atomic mass is 15.1. The first-order valence-electron chi connectivity index (χ1n) is 13.3. The molecule has 0 saturated carbocycles. The van der Waals surface area contributed by atoms with Crippen molar-refractivity contribution in [1.29, 1.82) is 0 Å². The Bertz CT molecular complexity index is 1810. The Morgan fingerprint density at radius 1 is 0.579 bits per heavy atom. The summed E-state index contributed by atoms with van der Waals surface area (Å²) in [6, 6.07) is 45.7. The number of hydrogen-bond acceptors (Lipinski definition) is 1.